The van der Waals surface area contributed by atoms with Crippen LogP contribution in [0.4, 0.5) is 8.78 Å². The number of fused-ring (bicyclic) bond motifs is 1. The first-order valence-corrected chi connectivity index (χ1v) is 7.61. The summed E-state index contributed by atoms with van der Waals surface area (Å²) in [4.78, 5) is 16.1. The number of benzene rings is 2. The summed E-state index contributed by atoms with van der Waals surface area (Å²) in [6.07, 6.45) is -2.61. The van der Waals surface area contributed by atoms with E-state index in [2.05, 4.69) is 10.3 Å². The minimum absolute atomic E-state index is 0.204. The van der Waals surface area contributed by atoms with E-state index in [1.807, 2.05) is 0 Å². The molecule has 0 aliphatic carbocycles. The van der Waals surface area contributed by atoms with Crippen molar-refractivity contribution >= 4 is 40.2 Å². The SMILES string of the molecule is O=C(NCC(F)F)c1ccc2nc(-c3cc(Cl)cc(Cl)c3)oc2c1. The van der Waals surface area contributed by atoms with Crippen molar-refractivity contribution in [2.45, 2.75) is 6.43 Å². The van der Waals surface area contributed by atoms with E-state index in [0.717, 1.165) is 0 Å². The van der Waals surface area contributed by atoms with Gasteiger partial charge in [-0.25, -0.2) is 13.8 Å². The maximum atomic E-state index is 12.2. The molecule has 0 spiro atoms. The van der Waals surface area contributed by atoms with Gasteiger partial charge in [0.15, 0.2) is 5.58 Å². The number of hydrogen-bond donors (Lipinski definition) is 1. The fourth-order valence-electron chi connectivity index (χ4n) is 2.14. The number of nitrogens with zero attached hydrogens (tertiary/aromatic N) is 1. The summed E-state index contributed by atoms with van der Waals surface area (Å²) in [6, 6.07) is 9.38. The number of nitrogens with one attached hydrogen (secondary N) is 1. The predicted molar refractivity (Wildman–Crippen MR) is 87.8 cm³/mol. The standard InChI is InChI=1S/C16H10Cl2F2N2O2/c17-10-3-9(4-11(18)6-10)16-22-12-2-1-8(5-13(12)24-16)15(23)21-7-14(19)20/h1-6,14H,7H2,(H,21,23). The van der Waals surface area contributed by atoms with Crippen LogP contribution >= 0.6 is 23.2 Å². The fraction of sp³-hybridized carbons (Fsp3) is 0.125. The molecule has 2 aromatic carbocycles. The smallest absolute Gasteiger partial charge is 0.255 e. The Hall–Kier alpha value is -2.18. The highest BCUT2D eigenvalue weighted by Gasteiger charge is 2.14. The van der Waals surface area contributed by atoms with Gasteiger partial charge >= 0.3 is 0 Å². The molecule has 0 aliphatic heterocycles. The Balaban J connectivity index is 1.93. The zero-order valence-corrected chi connectivity index (χ0v) is 13.5. The predicted octanol–water partition coefficient (Wildman–Crippen LogP) is 4.80. The minimum atomic E-state index is -2.61. The second-order valence-electron chi connectivity index (χ2n) is 4.96. The number of alkyl halides is 2. The van der Waals surface area contributed by atoms with E-state index in [-0.39, 0.29) is 5.56 Å². The summed E-state index contributed by atoms with van der Waals surface area (Å²) in [7, 11) is 0. The first-order valence-electron chi connectivity index (χ1n) is 6.86. The van der Waals surface area contributed by atoms with Crippen molar-refractivity contribution in [1.82, 2.24) is 10.3 Å². The minimum Gasteiger partial charge on any atom is -0.436 e. The highest BCUT2D eigenvalue weighted by atomic mass is 35.5. The van der Waals surface area contributed by atoms with Gasteiger partial charge in [0.25, 0.3) is 12.3 Å². The van der Waals surface area contributed by atoms with E-state index < -0.39 is 18.9 Å². The number of carbonyl (C=O) groups excluding carboxylic acids is 1. The molecule has 1 amide bonds. The largest absolute Gasteiger partial charge is 0.436 e. The number of halogens is 4. The second-order valence-corrected chi connectivity index (χ2v) is 5.83. The van der Waals surface area contributed by atoms with Crippen molar-refractivity contribution in [3.63, 3.8) is 0 Å². The molecule has 8 heteroatoms. The summed E-state index contributed by atoms with van der Waals surface area (Å²) in [5, 5.41) is 3.00. The molecule has 0 atom stereocenters. The Bertz CT molecular complexity index is 892. The third-order valence-corrected chi connectivity index (χ3v) is 3.61. The van der Waals surface area contributed by atoms with Crippen molar-refractivity contribution in [1.29, 1.82) is 0 Å². The molecular weight excluding hydrogens is 361 g/mol. The summed E-state index contributed by atoms with van der Waals surface area (Å²) in [5.74, 6) is -0.319. The molecule has 1 N–H and O–H groups in total. The molecule has 0 radical (unpaired) electrons. The van der Waals surface area contributed by atoms with Crippen LogP contribution in [0, 0.1) is 0 Å². The third kappa shape index (κ3) is 3.66. The van der Waals surface area contributed by atoms with Crippen molar-refractivity contribution in [3.8, 4) is 11.5 Å². The van der Waals surface area contributed by atoms with Gasteiger partial charge in [-0.1, -0.05) is 23.2 Å². The number of aromatic nitrogens is 1. The molecule has 24 heavy (non-hydrogen) atoms. The fourth-order valence-corrected chi connectivity index (χ4v) is 2.66. The number of hydrogen-bond acceptors (Lipinski definition) is 3. The van der Waals surface area contributed by atoms with Crippen LogP contribution < -0.4 is 5.32 Å². The normalized spacial score (nSPS) is 11.2. The summed E-state index contributed by atoms with van der Waals surface area (Å²) in [6.45, 7) is -0.709. The summed E-state index contributed by atoms with van der Waals surface area (Å²) >= 11 is 11.9. The van der Waals surface area contributed by atoms with Gasteiger partial charge in [-0.3, -0.25) is 4.79 Å². The first kappa shape index (κ1) is 16.7. The molecule has 4 nitrogen and oxygen atoms in total. The number of amides is 1. The van der Waals surface area contributed by atoms with Gasteiger partial charge in [0.1, 0.15) is 5.52 Å². The molecule has 124 valence electrons. The first-order chi connectivity index (χ1) is 11.4. The maximum Gasteiger partial charge on any atom is 0.255 e. The zero-order valence-electron chi connectivity index (χ0n) is 12.0. The Morgan fingerprint density at radius 1 is 1.17 bits per heavy atom. The lowest BCUT2D eigenvalue weighted by Gasteiger charge is -2.03. The van der Waals surface area contributed by atoms with Crippen LogP contribution in [-0.2, 0) is 0 Å². The Labute approximate surface area is 145 Å². The molecule has 3 rings (SSSR count). The lowest BCUT2D eigenvalue weighted by molar-refractivity contribution is 0.0891. The molecule has 0 bridgehead atoms. The Morgan fingerprint density at radius 2 is 1.88 bits per heavy atom. The summed E-state index contributed by atoms with van der Waals surface area (Å²) in [5.41, 5.74) is 1.67. The average molecular weight is 371 g/mol. The van der Waals surface area contributed by atoms with Crippen molar-refractivity contribution in [2.75, 3.05) is 6.54 Å². The molecule has 0 fully saturated rings. The van der Waals surface area contributed by atoms with Crippen LogP contribution in [-0.4, -0.2) is 23.9 Å². The lowest BCUT2D eigenvalue weighted by atomic mass is 10.2. The van der Waals surface area contributed by atoms with Crippen molar-refractivity contribution in [2.24, 2.45) is 0 Å². The molecule has 0 aliphatic rings. The highest BCUT2D eigenvalue weighted by molar-refractivity contribution is 6.35. The van der Waals surface area contributed by atoms with Crippen molar-refractivity contribution in [3.05, 3.63) is 52.0 Å². The molecule has 0 saturated carbocycles. The van der Waals surface area contributed by atoms with Crippen LogP contribution in [0.25, 0.3) is 22.6 Å². The molecule has 1 aromatic heterocycles. The van der Waals surface area contributed by atoms with E-state index in [1.54, 1.807) is 24.3 Å². The quantitative estimate of drug-likeness (QED) is 0.717. The van der Waals surface area contributed by atoms with E-state index in [9.17, 15) is 13.6 Å². The van der Waals surface area contributed by atoms with Crippen LogP contribution in [0.5, 0.6) is 0 Å². The third-order valence-electron chi connectivity index (χ3n) is 3.18. The molecule has 3 aromatic rings. The monoisotopic (exact) mass is 370 g/mol. The van der Waals surface area contributed by atoms with Crippen molar-refractivity contribution < 1.29 is 18.0 Å². The van der Waals surface area contributed by atoms with Gasteiger partial charge in [0.05, 0.1) is 6.54 Å². The van der Waals surface area contributed by atoms with Gasteiger partial charge < -0.3 is 9.73 Å². The van der Waals surface area contributed by atoms with E-state index in [4.69, 9.17) is 27.6 Å². The maximum absolute atomic E-state index is 12.2. The van der Waals surface area contributed by atoms with Gasteiger partial charge in [-0.2, -0.15) is 0 Å². The van der Waals surface area contributed by atoms with Crippen LogP contribution in [0.2, 0.25) is 10.0 Å². The van der Waals surface area contributed by atoms with E-state index in [1.165, 1.54) is 12.1 Å². The van der Waals surface area contributed by atoms with Crippen LogP contribution in [0.15, 0.2) is 40.8 Å². The summed E-state index contributed by atoms with van der Waals surface area (Å²) < 4.78 is 29.9. The van der Waals surface area contributed by atoms with Gasteiger partial charge in [0, 0.05) is 21.2 Å². The second kappa shape index (κ2) is 6.75. The number of rotatable bonds is 4. The van der Waals surface area contributed by atoms with Gasteiger partial charge in [-0.05, 0) is 36.4 Å². The molecule has 0 unspecified atom stereocenters. The van der Waals surface area contributed by atoms with E-state index >= 15 is 0 Å². The van der Waals surface area contributed by atoms with Crippen LogP contribution in [0.3, 0.4) is 0 Å². The van der Waals surface area contributed by atoms with Crippen LogP contribution in [0.1, 0.15) is 10.4 Å². The topological polar surface area (TPSA) is 55.1 Å². The van der Waals surface area contributed by atoms with Gasteiger partial charge in [0.2, 0.25) is 5.89 Å². The number of carbonyl (C=O) groups is 1. The molecular formula is C16H10Cl2F2N2O2. The zero-order chi connectivity index (χ0) is 17.3. The Morgan fingerprint density at radius 3 is 2.54 bits per heavy atom. The number of oxazole rings is 1. The highest BCUT2D eigenvalue weighted by Crippen LogP contribution is 2.29. The van der Waals surface area contributed by atoms with Gasteiger partial charge in [-0.15, -0.1) is 0 Å². The molecule has 0 saturated heterocycles. The lowest BCUT2D eigenvalue weighted by Crippen LogP contribution is -2.28. The molecule has 1 heterocycles. The average Bonchev–Trinajstić information content (AvgIpc) is 2.94. The van der Waals surface area contributed by atoms with E-state index in [0.29, 0.717) is 32.6 Å². The Kier molecular flexibility index (Phi) is 4.69.